The van der Waals surface area contributed by atoms with Crippen LogP contribution in [-0.4, -0.2) is 15.0 Å². The first-order valence-corrected chi connectivity index (χ1v) is 18.9. The van der Waals surface area contributed by atoms with Crippen LogP contribution in [0.3, 0.4) is 0 Å². The van der Waals surface area contributed by atoms with Gasteiger partial charge in [0.1, 0.15) is 0 Å². The van der Waals surface area contributed by atoms with Gasteiger partial charge in [-0.2, -0.15) is 0 Å². The minimum Gasteiger partial charge on any atom is -0.208 e. The molecule has 10 aromatic rings. The highest BCUT2D eigenvalue weighted by molar-refractivity contribution is 6.19. The van der Waals surface area contributed by atoms with Crippen LogP contribution < -0.4 is 0 Å². The van der Waals surface area contributed by atoms with Gasteiger partial charge in [-0.15, -0.1) is 0 Å². The maximum atomic E-state index is 5.56. The maximum Gasteiger partial charge on any atom is 0.165 e. The Labute approximate surface area is 318 Å². The van der Waals surface area contributed by atoms with Crippen molar-refractivity contribution in [1.29, 1.82) is 0 Å². The minimum atomic E-state index is -0.541. The van der Waals surface area contributed by atoms with Crippen LogP contribution >= 0.6 is 0 Å². The highest BCUT2D eigenvalue weighted by Gasteiger charge is 2.52. The molecule has 9 aromatic carbocycles. The first-order chi connectivity index (χ1) is 27.3. The summed E-state index contributed by atoms with van der Waals surface area (Å²) in [6.45, 7) is 0. The van der Waals surface area contributed by atoms with Gasteiger partial charge in [-0.1, -0.05) is 182 Å². The molecule has 0 aliphatic heterocycles. The molecule has 0 radical (unpaired) electrons. The predicted molar refractivity (Wildman–Crippen MR) is 225 cm³/mol. The van der Waals surface area contributed by atoms with Crippen molar-refractivity contribution in [2.45, 2.75) is 5.41 Å². The molecule has 12 rings (SSSR count). The quantitative estimate of drug-likeness (QED) is 0.136. The number of hydrogen-bond acceptors (Lipinski definition) is 3. The fourth-order valence-corrected chi connectivity index (χ4v) is 9.73. The summed E-state index contributed by atoms with van der Waals surface area (Å²) in [6, 6.07) is 67.8. The van der Waals surface area contributed by atoms with E-state index in [1.54, 1.807) is 0 Å². The SMILES string of the molecule is c1ccc(-c2nc(-c3cccc4c3C3(c5ccccc5-c5ccccc53)c3ccccc3-4)nc(-c3c4ccccc4cc4c3ccc3ccccc34)n2)cc1. The first-order valence-electron chi connectivity index (χ1n) is 18.9. The van der Waals surface area contributed by atoms with E-state index in [1.165, 1.54) is 60.7 Å². The lowest BCUT2D eigenvalue weighted by Gasteiger charge is -2.31. The molecule has 0 unspecified atom stereocenters. The highest BCUT2D eigenvalue weighted by Crippen LogP contribution is 2.64. The van der Waals surface area contributed by atoms with Gasteiger partial charge in [0, 0.05) is 16.7 Å². The molecule has 1 aromatic heterocycles. The molecule has 0 bridgehead atoms. The number of hydrogen-bond donors (Lipinski definition) is 0. The van der Waals surface area contributed by atoms with Crippen molar-refractivity contribution in [1.82, 2.24) is 15.0 Å². The molecule has 1 spiro atoms. The molecular formula is C52H31N3. The van der Waals surface area contributed by atoms with Crippen molar-refractivity contribution in [3.63, 3.8) is 0 Å². The molecule has 0 saturated heterocycles. The maximum absolute atomic E-state index is 5.56. The normalized spacial score (nSPS) is 13.2. The Morgan fingerprint density at radius 3 is 1.56 bits per heavy atom. The summed E-state index contributed by atoms with van der Waals surface area (Å²) in [7, 11) is 0. The molecule has 254 valence electrons. The van der Waals surface area contributed by atoms with Crippen LogP contribution in [0.15, 0.2) is 188 Å². The van der Waals surface area contributed by atoms with Crippen molar-refractivity contribution >= 4 is 32.3 Å². The zero-order valence-corrected chi connectivity index (χ0v) is 29.7. The Hall–Kier alpha value is -7.23. The van der Waals surface area contributed by atoms with E-state index in [-0.39, 0.29) is 0 Å². The van der Waals surface area contributed by atoms with E-state index in [0.717, 1.165) is 32.8 Å². The van der Waals surface area contributed by atoms with E-state index < -0.39 is 5.41 Å². The Kier molecular flexibility index (Phi) is 6.26. The second-order valence-corrected chi connectivity index (χ2v) is 14.6. The lowest BCUT2D eigenvalue weighted by atomic mass is 9.69. The van der Waals surface area contributed by atoms with Crippen molar-refractivity contribution in [3.8, 4) is 56.4 Å². The van der Waals surface area contributed by atoms with Gasteiger partial charge in [-0.25, -0.2) is 15.0 Å². The fraction of sp³-hybridized carbons (Fsp3) is 0.0192. The number of benzene rings is 9. The van der Waals surface area contributed by atoms with Crippen molar-refractivity contribution in [3.05, 3.63) is 210 Å². The third-order valence-corrected chi connectivity index (χ3v) is 11.9. The zero-order valence-electron chi connectivity index (χ0n) is 29.7. The molecule has 0 N–H and O–H groups in total. The van der Waals surface area contributed by atoms with Crippen LogP contribution in [0, 0.1) is 0 Å². The largest absolute Gasteiger partial charge is 0.208 e. The average molecular weight is 698 g/mol. The Balaban J connectivity index is 1.21. The predicted octanol–water partition coefficient (Wildman–Crippen LogP) is 12.7. The summed E-state index contributed by atoms with van der Waals surface area (Å²) < 4.78 is 0. The minimum absolute atomic E-state index is 0.541. The van der Waals surface area contributed by atoms with Gasteiger partial charge in [-0.3, -0.25) is 0 Å². The summed E-state index contributed by atoms with van der Waals surface area (Å²) >= 11 is 0. The van der Waals surface area contributed by atoms with E-state index in [0.29, 0.717) is 17.5 Å². The van der Waals surface area contributed by atoms with Gasteiger partial charge < -0.3 is 0 Å². The molecule has 0 saturated carbocycles. The van der Waals surface area contributed by atoms with E-state index >= 15 is 0 Å². The molecule has 3 nitrogen and oxygen atoms in total. The van der Waals surface area contributed by atoms with Crippen LogP contribution in [-0.2, 0) is 5.41 Å². The monoisotopic (exact) mass is 697 g/mol. The Bertz CT molecular complexity index is 3150. The molecule has 1 heterocycles. The Morgan fingerprint density at radius 2 is 0.836 bits per heavy atom. The van der Waals surface area contributed by atoms with E-state index in [1.807, 2.05) is 6.07 Å². The summed E-state index contributed by atoms with van der Waals surface area (Å²) in [5, 5.41) is 6.99. The molecule has 0 amide bonds. The van der Waals surface area contributed by atoms with Crippen molar-refractivity contribution < 1.29 is 0 Å². The summed E-state index contributed by atoms with van der Waals surface area (Å²) in [6.07, 6.45) is 0. The van der Waals surface area contributed by atoms with Gasteiger partial charge in [-0.05, 0) is 82.9 Å². The standard InChI is InChI=1S/C52H31N3/c1-2-16-33(17-3-1)49-53-50(55-51(54-49)47-36-20-7-5-18-34(36)31-43-35-19-6-4-15-32(35)29-30-40(43)47)42-25-14-24-41-39-23-10-13-28-46(39)52(48(41)42)44-26-11-8-21-37(44)38-22-9-12-27-45(38)52/h1-31H. The van der Waals surface area contributed by atoms with E-state index in [4.69, 9.17) is 15.0 Å². The topological polar surface area (TPSA) is 38.7 Å². The number of fused-ring (bicyclic) bond motifs is 14. The van der Waals surface area contributed by atoms with Crippen LogP contribution in [0.25, 0.3) is 88.7 Å². The number of aromatic nitrogens is 3. The lowest BCUT2D eigenvalue weighted by molar-refractivity contribution is 0.794. The molecule has 0 atom stereocenters. The third kappa shape index (κ3) is 4.12. The molecule has 0 fully saturated rings. The van der Waals surface area contributed by atoms with Gasteiger partial charge >= 0.3 is 0 Å². The number of rotatable bonds is 3. The molecule has 2 aliphatic rings. The van der Waals surface area contributed by atoms with Crippen LogP contribution in [0.1, 0.15) is 22.3 Å². The first kappa shape index (κ1) is 30.3. The van der Waals surface area contributed by atoms with Crippen LogP contribution in [0.4, 0.5) is 0 Å². The van der Waals surface area contributed by atoms with Gasteiger partial charge in [0.05, 0.1) is 5.41 Å². The highest BCUT2D eigenvalue weighted by atomic mass is 15.0. The number of nitrogens with zero attached hydrogens (tertiary/aromatic N) is 3. The zero-order chi connectivity index (χ0) is 36.1. The van der Waals surface area contributed by atoms with Gasteiger partial charge in [0.2, 0.25) is 0 Å². The molecule has 2 aliphatic carbocycles. The second-order valence-electron chi connectivity index (χ2n) is 14.6. The fourth-order valence-electron chi connectivity index (χ4n) is 9.73. The van der Waals surface area contributed by atoms with Gasteiger partial charge in [0.25, 0.3) is 0 Å². The Morgan fingerprint density at radius 1 is 0.309 bits per heavy atom. The molecule has 55 heavy (non-hydrogen) atoms. The van der Waals surface area contributed by atoms with Crippen LogP contribution in [0.2, 0.25) is 0 Å². The second kappa shape index (κ2) is 11.4. The van der Waals surface area contributed by atoms with Crippen molar-refractivity contribution in [2.75, 3.05) is 0 Å². The van der Waals surface area contributed by atoms with Crippen LogP contribution in [0.5, 0.6) is 0 Å². The summed E-state index contributed by atoms with van der Waals surface area (Å²) in [4.78, 5) is 16.3. The summed E-state index contributed by atoms with van der Waals surface area (Å²) in [5.74, 6) is 1.98. The third-order valence-electron chi connectivity index (χ3n) is 11.9. The van der Waals surface area contributed by atoms with E-state index in [2.05, 4.69) is 182 Å². The lowest BCUT2D eigenvalue weighted by Crippen LogP contribution is -2.26. The molecular weight excluding hydrogens is 667 g/mol. The van der Waals surface area contributed by atoms with Crippen molar-refractivity contribution in [2.24, 2.45) is 0 Å². The smallest absolute Gasteiger partial charge is 0.165 e. The summed E-state index contributed by atoms with van der Waals surface area (Å²) in [5.41, 5.74) is 12.5. The molecule has 3 heteroatoms. The average Bonchev–Trinajstić information content (AvgIpc) is 3.73. The van der Waals surface area contributed by atoms with E-state index in [9.17, 15) is 0 Å². The van der Waals surface area contributed by atoms with Gasteiger partial charge in [0.15, 0.2) is 17.5 Å².